The Bertz CT molecular complexity index is 2180. The lowest BCUT2D eigenvalue weighted by Gasteiger charge is -2.35. The Kier molecular flexibility index (Phi) is 12.7. The van der Waals surface area contributed by atoms with E-state index in [1.54, 1.807) is 31.2 Å². The second-order valence-corrected chi connectivity index (χ2v) is 20.3. The number of benzene rings is 1. The van der Waals surface area contributed by atoms with Crippen molar-refractivity contribution in [3.8, 4) is 11.6 Å². The van der Waals surface area contributed by atoms with Crippen molar-refractivity contribution in [2.75, 3.05) is 13.7 Å². The zero-order valence-corrected chi connectivity index (χ0v) is 36.7. The minimum atomic E-state index is -4.92. The van der Waals surface area contributed by atoms with Gasteiger partial charge in [-0.05, 0) is 83.3 Å². The number of alkyl halides is 3. The molecule has 0 spiro atoms. The number of allylic oxidation sites excluding steroid dienone is 1. The first-order valence-corrected chi connectivity index (χ1v) is 22.4. The van der Waals surface area contributed by atoms with E-state index in [0.717, 1.165) is 0 Å². The lowest BCUT2D eigenvalue weighted by Crippen LogP contribution is -2.60. The number of aromatic nitrogens is 2. The molecule has 15 nitrogen and oxygen atoms in total. The normalized spacial score (nSPS) is 28.2. The van der Waals surface area contributed by atoms with Gasteiger partial charge < -0.3 is 29.7 Å². The summed E-state index contributed by atoms with van der Waals surface area (Å²) >= 11 is 0. The van der Waals surface area contributed by atoms with Gasteiger partial charge in [0, 0.05) is 24.3 Å². The molecule has 2 aliphatic carbocycles. The zero-order chi connectivity index (χ0) is 44.9. The number of fused-ring (bicyclic) bond motifs is 3. The summed E-state index contributed by atoms with van der Waals surface area (Å²) in [5.74, 6) is -3.15. The van der Waals surface area contributed by atoms with Gasteiger partial charge in [0.2, 0.25) is 33.3 Å². The number of methoxy groups -OCH3 is 1. The lowest BCUT2D eigenvalue weighted by molar-refractivity contribution is -0.244. The lowest BCUT2D eigenvalue weighted by atomic mass is 9.85. The number of halogens is 3. The van der Waals surface area contributed by atoms with Crippen molar-refractivity contribution in [2.24, 2.45) is 17.8 Å². The van der Waals surface area contributed by atoms with Crippen molar-refractivity contribution >= 4 is 44.9 Å². The molecule has 7 unspecified atom stereocenters. The monoisotopic (exact) mass is 878 g/mol. The molecule has 4 amide bonds. The molecular formula is C42H57F3N6O9S. The Labute approximate surface area is 354 Å². The van der Waals surface area contributed by atoms with Crippen LogP contribution in [-0.2, 0) is 29.1 Å². The van der Waals surface area contributed by atoms with Crippen molar-refractivity contribution in [3.05, 3.63) is 36.0 Å². The number of alkyl carbamates (subject to hydrolysis) is 1. The molecule has 4 aliphatic rings. The van der Waals surface area contributed by atoms with Gasteiger partial charge in [0.25, 0.3) is 5.91 Å². The minimum Gasteiger partial charge on any atom is -0.497 e. The Morgan fingerprint density at radius 3 is 2.43 bits per heavy atom. The Hall–Kier alpha value is -4.68. The number of sulfonamides is 1. The minimum absolute atomic E-state index is 0.0408. The first-order valence-electron chi connectivity index (χ1n) is 20.9. The average Bonchev–Trinajstić information content (AvgIpc) is 4.06. The van der Waals surface area contributed by atoms with Crippen LogP contribution in [0.25, 0.3) is 11.0 Å². The van der Waals surface area contributed by atoms with Crippen LogP contribution < -0.4 is 24.8 Å². The Balaban J connectivity index is 1.39. The van der Waals surface area contributed by atoms with Gasteiger partial charge in [-0.2, -0.15) is 13.2 Å². The first-order chi connectivity index (χ1) is 28.4. The molecule has 2 aromatic rings. The van der Waals surface area contributed by atoms with E-state index in [-0.39, 0.29) is 37.1 Å². The molecule has 0 radical (unpaired) electrons. The maximum atomic E-state index is 15.0. The third-order valence-corrected chi connectivity index (χ3v) is 14.8. The van der Waals surface area contributed by atoms with Gasteiger partial charge in [0.1, 0.15) is 35.2 Å². The average molecular weight is 879 g/mol. The summed E-state index contributed by atoms with van der Waals surface area (Å²) in [5, 5.41) is 5.26. The Morgan fingerprint density at radius 1 is 1.10 bits per heavy atom. The van der Waals surface area contributed by atoms with Gasteiger partial charge in [0.05, 0.1) is 29.4 Å². The van der Waals surface area contributed by atoms with Crippen molar-refractivity contribution in [1.29, 1.82) is 0 Å². The summed E-state index contributed by atoms with van der Waals surface area (Å²) in [5.41, 5.74) is -3.01. The molecule has 3 heterocycles. The molecule has 1 aromatic carbocycles. The fourth-order valence-corrected chi connectivity index (χ4v) is 9.35. The molecule has 336 valence electrons. The second-order valence-electron chi connectivity index (χ2n) is 18.1. The van der Waals surface area contributed by atoms with Gasteiger partial charge in [-0.25, -0.2) is 23.2 Å². The van der Waals surface area contributed by atoms with Crippen LogP contribution in [0.5, 0.6) is 11.6 Å². The third-order valence-electron chi connectivity index (χ3n) is 12.6. The van der Waals surface area contributed by atoms with Crippen molar-refractivity contribution in [3.63, 3.8) is 0 Å². The molecule has 7 atom stereocenters. The van der Waals surface area contributed by atoms with Crippen LogP contribution in [-0.4, -0.2) is 101 Å². The number of hydrogen-bond donors (Lipinski definition) is 3. The van der Waals surface area contributed by atoms with Gasteiger partial charge in [0.15, 0.2) is 0 Å². The molecule has 2 aliphatic heterocycles. The van der Waals surface area contributed by atoms with Crippen LogP contribution in [0.15, 0.2) is 30.4 Å². The summed E-state index contributed by atoms with van der Waals surface area (Å²) in [6, 6.07) is 2.41. The summed E-state index contributed by atoms with van der Waals surface area (Å²) in [6.07, 6.45) is -1.04. The van der Waals surface area contributed by atoms with Crippen LogP contribution in [0.3, 0.4) is 0 Å². The van der Waals surface area contributed by atoms with Crippen LogP contribution in [0.2, 0.25) is 0 Å². The smallest absolute Gasteiger partial charge is 0.427 e. The topological polar surface area (TPSA) is 195 Å². The van der Waals surface area contributed by atoms with E-state index in [2.05, 4.69) is 15.4 Å². The predicted octanol–water partition coefficient (Wildman–Crippen LogP) is 5.82. The van der Waals surface area contributed by atoms with Gasteiger partial charge in [-0.1, -0.05) is 46.3 Å². The highest BCUT2D eigenvalue weighted by atomic mass is 32.2. The van der Waals surface area contributed by atoms with Crippen LogP contribution in [0.1, 0.15) is 111 Å². The molecule has 2 saturated carbocycles. The summed E-state index contributed by atoms with van der Waals surface area (Å²) in [7, 11) is -2.58. The van der Waals surface area contributed by atoms with E-state index in [1.165, 1.54) is 18.9 Å². The van der Waals surface area contributed by atoms with Crippen LogP contribution >= 0.6 is 0 Å². The summed E-state index contributed by atoms with van der Waals surface area (Å²) in [4.78, 5) is 67.7. The van der Waals surface area contributed by atoms with Crippen molar-refractivity contribution in [1.82, 2.24) is 30.2 Å². The molecule has 19 heteroatoms. The molecule has 3 N–H and O–H groups in total. The number of carbonyl (C=O) groups excluding carboxylic acids is 4. The van der Waals surface area contributed by atoms with E-state index in [4.69, 9.17) is 24.2 Å². The second kappa shape index (κ2) is 16.9. The third kappa shape index (κ3) is 9.55. The number of nitrogens with one attached hydrogen (secondary N) is 3. The van der Waals surface area contributed by atoms with Crippen LogP contribution in [0.4, 0.5) is 18.0 Å². The molecule has 0 bridgehead atoms. The largest absolute Gasteiger partial charge is 0.497 e. The number of carbonyl (C=O) groups is 4. The number of hydrogen-bond acceptors (Lipinski definition) is 11. The molecule has 1 aromatic heterocycles. The van der Waals surface area contributed by atoms with E-state index in [9.17, 15) is 40.8 Å². The number of rotatable bonds is 10. The maximum absolute atomic E-state index is 15.0. The predicted molar refractivity (Wildman–Crippen MR) is 218 cm³/mol. The standard InChI is InChI=1S/C42H57F3N6O9S/c1-9-25-18-24(4)12-10-11-13-26-21-41(26,37(54)50-61(56,57)40(7)16-17-40)49-34(52)31-20-28(22-51(31)36(53)33(25)48-38(55)60-39(5,6)42(43,44)45)59-35-32(23(2)3)46-29-15-14-27(58-8)19-30(29)47-35/h11,13-15,19,23-26,28,31,33H,9-10,12,16-18,20-22H2,1-8H3,(H,48,55)(H,49,52)(H,50,54). The molecule has 61 heavy (non-hydrogen) atoms. The molecule has 3 fully saturated rings. The van der Waals surface area contributed by atoms with E-state index < -0.39 is 85.9 Å². The first kappa shape index (κ1) is 45.8. The quantitative estimate of drug-likeness (QED) is 0.244. The van der Waals surface area contributed by atoms with Crippen LogP contribution in [0, 0.1) is 17.8 Å². The maximum Gasteiger partial charge on any atom is 0.427 e. The summed E-state index contributed by atoms with van der Waals surface area (Å²) < 4.78 is 85.9. The highest BCUT2D eigenvalue weighted by molar-refractivity contribution is 7.91. The number of amides is 4. The highest BCUT2D eigenvalue weighted by Gasteiger charge is 2.63. The summed E-state index contributed by atoms with van der Waals surface area (Å²) in [6.45, 7) is 10.3. The van der Waals surface area contributed by atoms with E-state index in [0.29, 0.717) is 74.8 Å². The molecular weight excluding hydrogens is 822 g/mol. The van der Waals surface area contributed by atoms with Gasteiger partial charge >= 0.3 is 12.3 Å². The fraction of sp³-hybridized carbons (Fsp3) is 0.667. The van der Waals surface area contributed by atoms with Gasteiger partial charge in [-0.3, -0.25) is 19.1 Å². The highest BCUT2D eigenvalue weighted by Crippen LogP contribution is 2.48. The van der Waals surface area contributed by atoms with E-state index >= 15 is 0 Å². The molecule has 1 saturated heterocycles. The number of ether oxygens (including phenoxy) is 3. The van der Waals surface area contributed by atoms with Crippen molar-refractivity contribution < 1.29 is 55.0 Å². The number of nitrogens with zero attached hydrogens (tertiary/aromatic N) is 3. The SMILES string of the molecule is CCC1CC(C)CCC=CC2CC2(C(=O)NS(=O)(=O)C2(C)CC2)NC(=O)C2CC(Oc3nc4cc(OC)ccc4nc3C(C)C)CN2C(=O)C1NC(=O)OC(C)(C)C(F)(F)F. The van der Waals surface area contributed by atoms with Crippen molar-refractivity contribution in [2.45, 2.75) is 146 Å². The Morgan fingerprint density at radius 2 is 1.80 bits per heavy atom. The molecule has 6 rings (SSSR count). The van der Waals surface area contributed by atoms with Gasteiger partial charge in [-0.15, -0.1) is 0 Å². The zero-order valence-electron chi connectivity index (χ0n) is 35.9. The van der Waals surface area contributed by atoms with E-state index in [1.807, 2.05) is 26.8 Å². The fourth-order valence-electron chi connectivity index (χ4n) is 8.04.